The number of anilines is 3. The van der Waals surface area contributed by atoms with E-state index in [9.17, 15) is 58.3 Å². The molecular weight excluding hydrogens is 1160 g/mol. The largest absolute Gasteiger partial charge is 0.405 e. The molecule has 0 aromatic carbocycles. The molecule has 21 nitrogen and oxygen atoms in total. The molecule has 9 aromatic rings. The van der Waals surface area contributed by atoms with Crippen molar-refractivity contribution in [2.75, 3.05) is 35.6 Å². The van der Waals surface area contributed by atoms with E-state index >= 15 is 0 Å². The molecule has 0 spiro atoms. The Kier molecular flexibility index (Phi) is 20.3. The van der Waals surface area contributed by atoms with Crippen LogP contribution in [0.5, 0.6) is 0 Å². The molecule has 0 radical (unpaired) electrons. The second kappa shape index (κ2) is 27.2. The molecule has 87 heavy (non-hydrogen) atoms. The SMILES string of the molecule is CCC(CC)(Nc1ccnc(-c2c[nH]c3ncccc23)n1)C(=O)NCC(F)(F)F.CCC(CC)(Nc1nc(-c2c[nH]c3ncccc23)ncc1F)C(=O)NCC(F)(F)F.CC[C@@](C)(Nc1ccnc(-c2c[nH]c3ncccc23)n1)C(=O)NCC(F)(F)F.[HH].[HH].[HH].[HH].[HH].[HH].[HH]. The minimum atomic E-state index is -4.56. The quantitative estimate of drug-likeness (QED) is 0.0321. The smallest absolute Gasteiger partial charge is 0.356 e. The molecule has 1 atom stereocenters. The standard InChI is InChI=1S/C19H20F4N6O.C19H21F3N6O.C18H19F3N6O.7H2/c1-3-18(4-2,17(30)27-10-19(21,22)23)29-16-13(20)9-26-15(28-16)12-8-25-14-11(12)6-5-7-24-14;1-3-18(4-2,17(29)26-11-19(20,21)22)28-14-7-9-24-16(27-14)13-10-25-15-12(13)6-5-8-23-15;1-3-17(2,16(28)25-10-18(19,20)21)27-13-6-8-23-15(26-13)12-9-24-14-11(12)5-4-7-22-14;;;;;;;/h5-9H,3-4,10H2,1-2H3,(H,24,25)(H,27,30)(H,26,28,29);5-10H,3-4,11H2,1-2H3,(H,23,25)(H,26,29)(H,24,27,28);4-9H,3,10H2,1-2H3,(H,22,24)(H,25,28)(H,23,26,27);7*1H/t;;17-;;;;;;;/m..1......./s1. The van der Waals surface area contributed by atoms with Crippen molar-refractivity contribution >= 4 is 68.3 Å². The number of pyridine rings is 3. The minimum absolute atomic E-state index is 0. The number of carbonyl (C=O) groups is 3. The zero-order chi connectivity index (χ0) is 63.4. The van der Waals surface area contributed by atoms with Crippen LogP contribution in [0.3, 0.4) is 0 Å². The van der Waals surface area contributed by atoms with Crippen molar-refractivity contribution in [3.63, 3.8) is 0 Å². The lowest BCUT2D eigenvalue weighted by Gasteiger charge is -2.32. The van der Waals surface area contributed by atoms with Crippen LogP contribution in [0.2, 0.25) is 0 Å². The second-order valence-corrected chi connectivity index (χ2v) is 19.8. The van der Waals surface area contributed by atoms with Crippen LogP contribution in [-0.2, 0) is 14.4 Å². The summed E-state index contributed by atoms with van der Waals surface area (Å²) in [5.74, 6) is -1.82. The first-order chi connectivity index (χ1) is 41.2. The van der Waals surface area contributed by atoms with Crippen LogP contribution in [-0.4, -0.2) is 132 Å². The van der Waals surface area contributed by atoms with Crippen LogP contribution < -0.4 is 31.9 Å². The Morgan fingerprint density at radius 2 is 0.828 bits per heavy atom. The Labute approximate surface area is 500 Å². The van der Waals surface area contributed by atoms with E-state index in [0.29, 0.717) is 45.8 Å². The van der Waals surface area contributed by atoms with Gasteiger partial charge >= 0.3 is 18.5 Å². The molecule has 9 N–H and O–H groups in total. The second-order valence-electron chi connectivity index (χ2n) is 19.8. The lowest BCUT2D eigenvalue weighted by Crippen LogP contribution is -2.53. The van der Waals surface area contributed by atoms with Crippen LogP contribution in [0.4, 0.5) is 61.4 Å². The third-order valence-electron chi connectivity index (χ3n) is 14.1. The number of amides is 3. The number of rotatable bonds is 20. The number of aromatic nitrogens is 12. The van der Waals surface area contributed by atoms with E-state index in [1.807, 2.05) is 28.1 Å². The fraction of sp³-hybridized carbons (Fsp3) is 0.357. The highest BCUT2D eigenvalue weighted by Crippen LogP contribution is 2.32. The Morgan fingerprint density at radius 1 is 0.460 bits per heavy atom. The van der Waals surface area contributed by atoms with E-state index < -0.39 is 78.3 Å². The normalized spacial score (nSPS) is 12.7. The third-order valence-corrected chi connectivity index (χ3v) is 14.1. The molecule has 31 heteroatoms. The Bertz CT molecular complexity index is 3840. The predicted molar refractivity (Wildman–Crippen MR) is 319 cm³/mol. The van der Waals surface area contributed by atoms with Gasteiger partial charge in [0.25, 0.3) is 0 Å². The first-order valence-corrected chi connectivity index (χ1v) is 27.0. The van der Waals surface area contributed by atoms with Gasteiger partial charge in [-0.15, -0.1) is 0 Å². The number of hydrogen-bond acceptors (Lipinski definition) is 15. The average Bonchev–Trinajstić information content (AvgIpc) is 1.48. The maximum atomic E-state index is 14.4. The number of aromatic amines is 3. The number of nitrogens with one attached hydrogen (secondary N) is 9. The van der Waals surface area contributed by atoms with Crippen LogP contribution in [0.15, 0.2) is 104 Å². The van der Waals surface area contributed by atoms with Gasteiger partial charge in [0, 0.05) is 92.4 Å². The van der Waals surface area contributed by atoms with Crippen LogP contribution in [0, 0.1) is 5.82 Å². The molecule has 0 unspecified atom stereocenters. The van der Waals surface area contributed by atoms with Gasteiger partial charge in [-0.1, -0.05) is 34.6 Å². The fourth-order valence-corrected chi connectivity index (χ4v) is 8.87. The zero-order valence-corrected chi connectivity index (χ0v) is 47.5. The number of halogens is 10. The van der Waals surface area contributed by atoms with Gasteiger partial charge in [-0.3, -0.25) is 14.4 Å². The van der Waals surface area contributed by atoms with Gasteiger partial charge in [0.1, 0.15) is 64.8 Å². The minimum Gasteiger partial charge on any atom is -0.356 e. The summed E-state index contributed by atoms with van der Waals surface area (Å²) in [6.45, 7) is 5.68. The lowest BCUT2D eigenvalue weighted by atomic mass is 9.91. The van der Waals surface area contributed by atoms with E-state index in [-0.39, 0.29) is 53.7 Å². The molecule has 0 fully saturated rings. The molecule has 0 saturated heterocycles. The molecular formula is C56H74F10N18O3. The number of H-pyrrole nitrogens is 3. The summed E-state index contributed by atoms with van der Waals surface area (Å²) in [6.07, 6.45) is 1.55. The molecule has 9 rings (SSSR count). The molecule has 0 aliphatic heterocycles. The monoisotopic (exact) mass is 1240 g/mol. The van der Waals surface area contributed by atoms with Gasteiger partial charge in [-0.05, 0) is 87.6 Å². The average molecular weight is 1240 g/mol. The third kappa shape index (κ3) is 16.2. The van der Waals surface area contributed by atoms with Gasteiger partial charge in [-0.25, -0.2) is 49.2 Å². The molecule has 0 bridgehead atoms. The summed E-state index contributed by atoms with van der Waals surface area (Å²) >= 11 is 0. The topological polar surface area (TPSA) is 287 Å². The predicted octanol–water partition coefficient (Wildman–Crippen LogP) is 12.5. The van der Waals surface area contributed by atoms with E-state index in [2.05, 4.69) is 75.8 Å². The molecule has 0 aliphatic rings. The van der Waals surface area contributed by atoms with E-state index in [0.717, 1.165) is 33.5 Å². The summed E-state index contributed by atoms with van der Waals surface area (Å²) in [5.41, 5.74) is 0.0379. The van der Waals surface area contributed by atoms with Gasteiger partial charge in [0.15, 0.2) is 29.1 Å². The van der Waals surface area contributed by atoms with Gasteiger partial charge in [0.05, 0.1) is 6.20 Å². The molecule has 0 saturated carbocycles. The van der Waals surface area contributed by atoms with Crippen molar-refractivity contribution in [3.8, 4) is 34.2 Å². The highest BCUT2D eigenvalue weighted by molar-refractivity contribution is 5.95. The lowest BCUT2D eigenvalue weighted by molar-refractivity contribution is -0.141. The number of fused-ring (bicyclic) bond motifs is 3. The molecule has 476 valence electrons. The Balaban J connectivity index is 0.00000133. The zero-order valence-electron chi connectivity index (χ0n) is 47.5. The molecule has 0 aliphatic carbocycles. The van der Waals surface area contributed by atoms with Crippen LogP contribution >= 0.6 is 0 Å². The summed E-state index contributed by atoms with van der Waals surface area (Å²) < 4.78 is 127. The molecule has 9 heterocycles. The summed E-state index contributed by atoms with van der Waals surface area (Å²) in [7, 11) is 0. The van der Waals surface area contributed by atoms with Crippen molar-refractivity contribution in [3.05, 3.63) is 110 Å². The van der Waals surface area contributed by atoms with Crippen molar-refractivity contribution in [2.24, 2.45) is 0 Å². The van der Waals surface area contributed by atoms with E-state index in [1.54, 1.807) is 108 Å². The van der Waals surface area contributed by atoms with Gasteiger partial charge < -0.3 is 46.9 Å². The number of carbonyl (C=O) groups excluding carboxylic acids is 3. The summed E-state index contributed by atoms with van der Waals surface area (Å²) in [5, 5.41) is 16.8. The maximum Gasteiger partial charge on any atom is 0.405 e. The van der Waals surface area contributed by atoms with E-state index in [4.69, 9.17) is 0 Å². The van der Waals surface area contributed by atoms with E-state index in [1.165, 1.54) is 19.3 Å². The fourth-order valence-electron chi connectivity index (χ4n) is 8.87. The summed E-state index contributed by atoms with van der Waals surface area (Å²) in [6, 6.07) is 14.0. The van der Waals surface area contributed by atoms with Crippen LogP contribution in [0.25, 0.3) is 67.3 Å². The summed E-state index contributed by atoms with van der Waals surface area (Å²) in [4.78, 5) is 84.6. The first kappa shape index (κ1) is 65.0. The van der Waals surface area contributed by atoms with Gasteiger partial charge in [0.2, 0.25) is 17.7 Å². The van der Waals surface area contributed by atoms with Crippen LogP contribution in [0.1, 0.15) is 83.6 Å². The Hall–Kier alpha value is -9.58. The molecule has 9 aromatic heterocycles. The highest BCUT2D eigenvalue weighted by atomic mass is 19.4. The van der Waals surface area contributed by atoms with Crippen molar-refractivity contribution in [2.45, 2.75) is 109 Å². The first-order valence-electron chi connectivity index (χ1n) is 27.0. The van der Waals surface area contributed by atoms with Gasteiger partial charge in [-0.2, -0.15) is 39.5 Å². The highest BCUT2D eigenvalue weighted by Gasteiger charge is 2.40. The Morgan fingerprint density at radius 3 is 1.21 bits per heavy atom. The number of alkyl halides is 9. The number of hydrogen-bond donors (Lipinski definition) is 9. The maximum absolute atomic E-state index is 14.4. The van der Waals surface area contributed by atoms with Crippen molar-refractivity contribution in [1.82, 2.24) is 75.8 Å². The van der Waals surface area contributed by atoms with Crippen molar-refractivity contribution < 1.29 is 68.3 Å². The number of nitrogens with zero attached hydrogens (tertiary/aromatic N) is 9. The van der Waals surface area contributed by atoms with Crippen molar-refractivity contribution in [1.29, 1.82) is 0 Å². The molecule has 3 amide bonds.